The maximum atomic E-state index is 13.2. The molecule has 3 aromatic rings. The fraction of sp³-hybridized carbons (Fsp3) is 0.208. The lowest BCUT2D eigenvalue weighted by molar-refractivity contribution is 0.0939. The maximum absolute atomic E-state index is 13.2. The van der Waals surface area contributed by atoms with Crippen LogP contribution >= 0.6 is 0 Å². The molecule has 0 saturated carbocycles. The Balaban J connectivity index is 1.53. The highest BCUT2D eigenvalue weighted by molar-refractivity contribution is 7.89. The van der Waals surface area contributed by atoms with E-state index in [-0.39, 0.29) is 28.2 Å². The summed E-state index contributed by atoms with van der Waals surface area (Å²) in [5.41, 5.74) is 3.20. The minimum absolute atomic E-state index is 0.101. The van der Waals surface area contributed by atoms with Gasteiger partial charge in [0.1, 0.15) is 5.75 Å². The number of carbonyl (C=O) groups is 1. The molecule has 1 amide bonds. The molecule has 1 atom stereocenters. The summed E-state index contributed by atoms with van der Waals surface area (Å²) in [4.78, 5) is 12.9. The third-order valence-electron chi connectivity index (χ3n) is 5.55. The number of rotatable bonds is 5. The molecule has 0 bridgehead atoms. The van der Waals surface area contributed by atoms with Crippen molar-refractivity contribution in [3.63, 3.8) is 0 Å². The number of benzene rings is 3. The van der Waals surface area contributed by atoms with Crippen LogP contribution in [0.2, 0.25) is 0 Å². The molecule has 4 rings (SSSR count). The van der Waals surface area contributed by atoms with E-state index < -0.39 is 10.0 Å². The number of phenols is 1. The van der Waals surface area contributed by atoms with Gasteiger partial charge in [-0.05, 0) is 60.4 Å². The number of nitrogens with one attached hydrogen (secondary N) is 1. The SMILES string of the molecule is CC(NC(=O)c1cccc(S(=O)(=O)N2CCc3ccccc3C2)c1)c1cccc(O)c1. The highest BCUT2D eigenvalue weighted by atomic mass is 32.2. The molecular formula is C24H24N2O4S. The Morgan fingerprint density at radius 2 is 1.74 bits per heavy atom. The normalized spacial score (nSPS) is 15.1. The van der Waals surface area contributed by atoms with Crippen LogP contribution < -0.4 is 5.32 Å². The molecule has 31 heavy (non-hydrogen) atoms. The average molecular weight is 437 g/mol. The molecule has 1 aliphatic rings. The third kappa shape index (κ3) is 4.47. The molecule has 3 aromatic carbocycles. The molecule has 1 heterocycles. The molecule has 160 valence electrons. The number of sulfonamides is 1. The van der Waals surface area contributed by atoms with Gasteiger partial charge in [-0.2, -0.15) is 4.31 Å². The van der Waals surface area contributed by atoms with Gasteiger partial charge in [0.2, 0.25) is 10.0 Å². The molecule has 6 nitrogen and oxygen atoms in total. The number of hydrogen-bond donors (Lipinski definition) is 2. The summed E-state index contributed by atoms with van der Waals surface area (Å²) < 4.78 is 27.9. The smallest absolute Gasteiger partial charge is 0.251 e. The predicted molar refractivity (Wildman–Crippen MR) is 118 cm³/mol. The van der Waals surface area contributed by atoms with Crippen LogP contribution in [-0.4, -0.2) is 30.3 Å². The van der Waals surface area contributed by atoms with Crippen molar-refractivity contribution in [1.29, 1.82) is 0 Å². The van der Waals surface area contributed by atoms with Crippen molar-refractivity contribution < 1.29 is 18.3 Å². The van der Waals surface area contributed by atoms with E-state index in [0.29, 0.717) is 19.5 Å². The number of nitrogens with zero attached hydrogens (tertiary/aromatic N) is 1. The summed E-state index contributed by atoms with van der Waals surface area (Å²) in [5, 5.41) is 12.5. The van der Waals surface area contributed by atoms with Crippen molar-refractivity contribution in [3.8, 4) is 5.75 Å². The fourth-order valence-corrected chi connectivity index (χ4v) is 5.24. The second-order valence-corrected chi connectivity index (χ2v) is 9.61. The topological polar surface area (TPSA) is 86.7 Å². The van der Waals surface area contributed by atoms with Gasteiger partial charge in [0.15, 0.2) is 0 Å². The highest BCUT2D eigenvalue weighted by Gasteiger charge is 2.28. The Morgan fingerprint density at radius 3 is 2.52 bits per heavy atom. The predicted octanol–water partition coefficient (Wildman–Crippen LogP) is 3.63. The molecule has 2 N–H and O–H groups in total. The zero-order valence-corrected chi connectivity index (χ0v) is 18.0. The van der Waals surface area contributed by atoms with Gasteiger partial charge in [0.05, 0.1) is 10.9 Å². The van der Waals surface area contributed by atoms with Gasteiger partial charge in [0.25, 0.3) is 5.91 Å². The molecule has 0 aromatic heterocycles. The molecule has 0 aliphatic carbocycles. The first-order valence-electron chi connectivity index (χ1n) is 10.1. The van der Waals surface area contributed by atoms with Crippen LogP contribution in [0.25, 0.3) is 0 Å². The lowest BCUT2D eigenvalue weighted by Crippen LogP contribution is -2.36. The molecule has 0 saturated heterocycles. The summed E-state index contributed by atoms with van der Waals surface area (Å²) in [5.74, 6) is -0.258. The zero-order valence-electron chi connectivity index (χ0n) is 17.2. The highest BCUT2D eigenvalue weighted by Crippen LogP contribution is 2.25. The number of aromatic hydroxyl groups is 1. The van der Waals surface area contributed by atoms with E-state index in [4.69, 9.17) is 0 Å². The summed E-state index contributed by atoms with van der Waals surface area (Å²) in [6.07, 6.45) is 0.664. The van der Waals surface area contributed by atoms with Crippen molar-refractivity contribution in [3.05, 3.63) is 95.1 Å². The van der Waals surface area contributed by atoms with E-state index in [9.17, 15) is 18.3 Å². The van der Waals surface area contributed by atoms with Crippen LogP contribution in [0.4, 0.5) is 0 Å². The van der Waals surface area contributed by atoms with E-state index in [1.54, 1.807) is 43.3 Å². The first-order valence-corrected chi connectivity index (χ1v) is 11.6. The largest absolute Gasteiger partial charge is 0.508 e. The molecule has 0 fully saturated rings. The van der Waals surface area contributed by atoms with Crippen LogP contribution in [0.15, 0.2) is 77.7 Å². The van der Waals surface area contributed by atoms with Crippen LogP contribution in [0.1, 0.15) is 40.0 Å². The second-order valence-electron chi connectivity index (χ2n) is 7.68. The minimum atomic E-state index is -3.73. The van der Waals surface area contributed by atoms with Gasteiger partial charge in [-0.25, -0.2) is 8.42 Å². The number of hydrogen-bond acceptors (Lipinski definition) is 4. The quantitative estimate of drug-likeness (QED) is 0.639. The summed E-state index contributed by atoms with van der Waals surface area (Å²) in [6.45, 7) is 2.53. The Morgan fingerprint density at radius 1 is 1.00 bits per heavy atom. The zero-order chi connectivity index (χ0) is 22.0. The monoisotopic (exact) mass is 436 g/mol. The maximum Gasteiger partial charge on any atom is 0.251 e. The van der Waals surface area contributed by atoms with Crippen molar-refractivity contribution in [1.82, 2.24) is 9.62 Å². The lowest BCUT2D eigenvalue weighted by atomic mass is 10.0. The number of fused-ring (bicyclic) bond motifs is 1. The Kier molecular flexibility index (Phi) is 5.80. The first kappa shape index (κ1) is 21.1. The van der Waals surface area contributed by atoms with Gasteiger partial charge in [-0.3, -0.25) is 4.79 Å². The molecule has 0 radical (unpaired) electrons. The average Bonchev–Trinajstić information content (AvgIpc) is 2.78. The standard InChI is InChI=1S/C24H24N2O4S/c1-17(19-8-4-10-22(27)14-19)25-24(28)20-9-5-11-23(15-20)31(29,30)26-13-12-18-6-2-3-7-21(18)16-26/h2-11,14-15,17,27H,12-13,16H2,1H3,(H,25,28). The van der Waals surface area contributed by atoms with E-state index in [2.05, 4.69) is 5.32 Å². The van der Waals surface area contributed by atoms with Crippen molar-refractivity contribution in [2.24, 2.45) is 0 Å². The Bertz CT molecular complexity index is 1220. The summed E-state index contributed by atoms with van der Waals surface area (Å²) in [7, 11) is -3.73. The van der Waals surface area contributed by atoms with Gasteiger partial charge < -0.3 is 10.4 Å². The van der Waals surface area contributed by atoms with Crippen molar-refractivity contribution in [2.45, 2.75) is 30.8 Å². The van der Waals surface area contributed by atoms with E-state index in [1.165, 1.54) is 22.0 Å². The number of carbonyl (C=O) groups excluding carboxylic acids is 1. The van der Waals surface area contributed by atoms with E-state index in [1.807, 2.05) is 24.3 Å². The van der Waals surface area contributed by atoms with Crippen molar-refractivity contribution >= 4 is 15.9 Å². The van der Waals surface area contributed by atoms with Gasteiger partial charge in [0, 0.05) is 18.7 Å². The van der Waals surface area contributed by atoms with Crippen LogP contribution in [0.5, 0.6) is 5.75 Å². The molecule has 1 unspecified atom stereocenters. The van der Waals surface area contributed by atoms with Gasteiger partial charge in [-0.15, -0.1) is 0 Å². The molecule has 7 heteroatoms. The second kappa shape index (κ2) is 8.53. The van der Waals surface area contributed by atoms with Crippen LogP contribution in [0.3, 0.4) is 0 Å². The molecule has 1 aliphatic heterocycles. The van der Waals surface area contributed by atoms with Crippen LogP contribution in [-0.2, 0) is 23.0 Å². The lowest BCUT2D eigenvalue weighted by Gasteiger charge is -2.28. The Hall–Kier alpha value is -3.16. The third-order valence-corrected chi connectivity index (χ3v) is 7.39. The van der Waals surface area contributed by atoms with E-state index >= 15 is 0 Å². The van der Waals surface area contributed by atoms with Crippen LogP contribution in [0, 0.1) is 0 Å². The van der Waals surface area contributed by atoms with Crippen molar-refractivity contribution in [2.75, 3.05) is 6.54 Å². The summed E-state index contributed by atoms with van der Waals surface area (Å²) in [6, 6.07) is 20.3. The Labute approximate surface area is 182 Å². The fourth-order valence-electron chi connectivity index (χ4n) is 3.78. The first-order chi connectivity index (χ1) is 14.8. The molecule has 0 spiro atoms. The number of amides is 1. The van der Waals surface area contributed by atoms with Gasteiger partial charge >= 0.3 is 0 Å². The summed E-state index contributed by atoms with van der Waals surface area (Å²) >= 11 is 0. The van der Waals surface area contributed by atoms with Gasteiger partial charge in [-0.1, -0.05) is 42.5 Å². The molecular weight excluding hydrogens is 412 g/mol. The van der Waals surface area contributed by atoms with E-state index in [0.717, 1.165) is 11.1 Å². The number of phenolic OH excluding ortho intramolecular Hbond substituents is 1. The minimum Gasteiger partial charge on any atom is -0.508 e.